The van der Waals surface area contributed by atoms with E-state index >= 15 is 0 Å². The summed E-state index contributed by atoms with van der Waals surface area (Å²) < 4.78 is 5.13. The van der Waals surface area contributed by atoms with Gasteiger partial charge in [-0.1, -0.05) is 12.1 Å². The van der Waals surface area contributed by atoms with Crippen LogP contribution in [0.5, 0.6) is 0 Å². The molecule has 19 heavy (non-hydrogen) atoms. The first-order valence-corrected chi connectivity index (χ1v) is 7.59. The number of hydrogen-bond donors (Lipinski definition) is 0. The minimum Gasteiger partial charge on any atom is -0.361 e. The second-order valence-electron chi connectivity index (χ2n) is 6.31. The highest BCUT2D eigenvalue weighted by Gasteiger charge is 2.29. The maximum Gasteiger partial charge on any atom is 0.133 e. The van der Waals surface area contributed by atoms with Gasteiger partial charge in [0.25, 0.3) is 0 Å². The number of aromatic nitrogens is 1. The van der Waals surface area contributed by atoms with Crippen LogP contribution in [0.2, 0.25) is 0 Å². The van der Waals surface area contributed by atoms with E-state index in [1.807, 2.05) is 13.0 Å². The van der Waals surface area contributed by atoms with Crippen LogP contribution in [0.4, 0.5) is 0 Å². The topological polar surface area (TPSA) is 32.5 Å². The minimum absolute atomic E-state index is 0.853. The lowest BCUT2D eigenvalue weighted by Gasteiger charge is -2.37. The first-order valence-electron chi connectivity index (χ1n) is 7.59. The number of rotatable bonds is 3. The van der Waals surface area contributed by atoms with Gasteiger partial charge in [0.15, 0.2) is 0 Å². The molecule has 2 aliphatic rings. The molecule has 106 valence electrons. The SMILES string of the molecule is Cc1cc(CN2CCN([C@@H]3CC[C@@H](C)C3)CC2)no1. The second kappa shape index (κ2) is 5.63. The molecule has 4 heteroatoms. The Bertz CT molecular complexity index is 409. The maximum absolute atomic E-state index is 5.13. The maximum atomic E-state index is 5.13. The summed E-state index contributed by atoms with van der Waals surface area (Å²) >= 11 is 0. The van der Waals surface area contributed by atoms with Crippen molar-refractivity contribution in [2.45, 2.75) is 45.7 Å². The number of hydrogen-bond acceptors (Lipinski definition) is 4. The van der Waals surface area contributed by atoms with Gasteiger partial charge in [0, 0.05) is 44.8 Å². The molecule has 1 aliphatic carbocycles. The second-order valence-corrected chi connectivity index (χ2v) is 6.31. The third-order valence-electron chi connectivity index (χ3n) is 4.65. The minimum atomic E-state index is 0.853. The van der Waals surface area contributed by atoms with Crippen molar-refractivity contribution in [2.75, 3.05) is 26.2 Å². The summed E-state index contributed by atoms with van der Waals surface area (Å²) in [7, 11) is 0. The van der Waals surface area contributed by atoms with Crippen molar-refractivity contribution < 1.29 is 4.52 Å². The van der Waals surface area contributed by atoms with Crippen LogP contribution in [0.1, 0.15) is 37.6 Å². The van der Waals surface area contributed by atoms with Crippen LogP contribution in [0.3, 0.4) is 0 Å². The standard InChI is InChI=1S/C15H25N3O/c1-12-3-4-15(9-12)18-7-5-17(6-8-18)11-14-10-13(2)19-16-14/h10,12,15H,3-9,11H2,1-2H3/t12-,15-/m1/s1. The fraction of sp³-hybridized carbons (Fsp3) is 0.800. The van der Waals surface area contributed by atoms with Crippen molar-refractivity contribution in [1.82, 2.24) is 15.0 Å². The van der Waals surface area contributed by atoms with E-state index in [0.29, 0.717) is 0 Å². The Morgan fingerprint density at radius 3 is 2.63 bits per heavy atom. The smallest absolute Gasteiger partial charge is 0.133 e. The molecule has 0 radical (unpaired) electrons. The fourth-order valence-electron chi connectivity index (χ4n) is 3.52. The first-order chi connectivity index (χ1) is 9.20. The lowest BCUT2D eigenvalue weighted by molar-refractivity contribution is 0.0910. The largest absolute Gasteiger partial charge is 0.361 e. The van der Waals surface area contributed by atoms with Gasteiger partial charge in [-0.25, -0.2) is 0 Å². The molecule has 4 nitrogen and oxygen atoms in total. The van der Waals surface area contributed by atoms with Crippen molar-refractivity contribution in [1.29, 1.82) is 0 Å². The van der Waals surface area contributed by atoms with Crippen LogP contribution in [-0.2, 0) is 6.54 Å². The van der Waals surface area contributed by atoms with Crippen molar-refractivity contribution in [3.8, 4) is 0 Å². The van der Waals surface area contributed by atoms with E-state index in [2.05, 4.69) is 21.9 Å². The Morgan fingerprint density at radius 2 is 2.05 bits per heavy atom. The number of piperazine rings is 1. The van der Waals surface area contributed by atoms with E-state index < -0.39 is 0 Å². The van der Waals surface area contributed by atoms with E-state index in [1.54, 1.807) is 0 Å². The Labute approximate surface area is 115 Å². The Morgan fingerprint density at radius 1 is 1.26 bits per heavy atom. The normalized spacial score (nSPS) is 30.0. The lowest BCUT2D eigenvalue weighted by atomic mass is 10.1. The van der Waals surface area contributed by atoms with Crippen molar-refractivity contribution in [2.24, 2.45) is 5.92 Å². The fourth-order valence-corrected chi connectivity index (χ4v) is 3.52. The third-order valence-corrected chi connectivity index (χ3v) is 4.65. The molecular weight excluding hydrogens is 238 g/mol. The van der Waals surface area contributed by atoms with Gasteiger partial charge >= 0.3 is 0 Å². The van der Waals surface area contributed by atoms with Crippen LogP contribution < -0.4 is 0 Å². The van der Waals surface area contributed by atoms with Crippen LogP contribution in [-0.4, -0.2) is 47.2 Å². The summed E-state index contributed by atoms with van der Waals surface area (Å²) in [5, 5.41) is 4.09. The van der Waals surface area contributed by atoms with Crippen molar-refractivity contribution in [3.05, 3.63) is 17.5 Å². The predicted octanol–water partition coefficient (Wildman–Crippen LogP) is 2.29. The third kappa shape index (κ3) is 3.18. The number of aryl methyl sites for hydroxylation is 1. The highest BCUT2D eigenvalue weighted by Crippen LogP contribution is 2.29. The molecule has 2 heterocycles. The zero-order valence-electron chi connectivity index (χ0n) is 12.1. The lowest BCUT2D eigenvalue weighted by Crippen LogP contribution is -2.49. The molecule has 0 aromatic carbocycles. The van der Waals surface area contributed by atoms with Crippen molar-refractivity contribution >= 4 is 0 Å². The zero-order chi connectivity index (χ0) is 13.2. The summed E-state index contributed by atoms with van der Waals surface area (Å²) in [6.07, 6.45) is 4.23. The van der Waals surface area contributed by atoms with E-state index in [4.69, 9.17) is 4.52 Å². The van der Waals surface area contributed by atoms with Gasteiger partial charge in [-0.05, 0) is 32.1 Å². The van der Waals surface area contributed by atoms with Gasteiger partial charge in [0.2, 0.25) is 0 Å². The van der Waals surface area contributed by atoms with Crippen LogP contribution in [0.25, 0.3) is 0 Å². The molecular formula is C15H25N3O. The molecule has 3 rings (SSSR count). The van der Waals surface area contributed by atoms with Gasteiger partial charge in [-0.15, -0.1) is 0 Å². The average molecular weight is 263 g/mol. The highest BCUT2D eigenvalue weighted by molar-refractivity contribution is 5.03. The molecule has 1 aromatic heterocycles. The van der Waals surface area contributed by atoms with Crippen LogP contribution >= 0.6 is 0 Å². The molecule has 0 spiro atoms. The van der Waals surface area contributed by atoms with Gasteiger partial charge in [-0.3, -0.25) is 9.80 Å². The summed E-state index contributed by atoms with van der Waals surface area (Å²) in [5.74, 6) is 1.84. The molecule has 0 bridgehead atoms. The monoisotopic (exact) mass is 263 g/mol. The van der Waals surface area contributed by atoms with Gasteiger partial charge in [-0.2, -0.15) is 0 Å². The first kappa shape index (κ1) is 13.1. The van der Waals surface area contributed by atoms with Gasteiger partial charge in [0.1, 0.15) is 5.76 Å². The van der Waals surface area contributed by atoms with E-state index in [1.165, 1.54) is 32.4 Å². The Kier molecular flexibility index (Phi) is 3.89. The molecule has 0 unspecified atom stereocenters. The molecule has 2 fully saturated rings. The Balaban J connectivity index is 1.47. The molecule has 0 N–H and O–H groups in total. The van der Waals surface area contributed by atoms with E-state index in [0.717, 1.165) is 43.0 Å². The molecule has 2 atom stereocenters. The Hall–Kier alpha value is -0.870. The average Bonchev–Trinajstić information content (AvgIpc) is 3.00. The van der Waals surface area contributed by atoms with E-state index in [-0.39, 0.29) is 0 Å². The molecule has 0 amide bonds. The molecule has 1 aromatic rings. The zero-order valence-corrected chi connectivity index (χ0v) is 12.1. The molecule has 1 saturated carbocycles. The summed E-state index contributed by atoms with van der Waals surface area (Å²) in [6, 6.07) is 2.90. The molecule has 1 aliphatic heterocycles. The summed E-state index contributed by atoms with van der Waals surface area (Å²) in [4.78, 5) is 5.19. The predicted molar refractivity (Wildman–Crippen MR) is 74.9 cm³/mol. The van der Waals surface area contributed by atoms with Gasteiger partial charge < -0.3 is 4.52 Å². The summed E-state index contributed by atoms with van der Waals surface area (Å²) in [5.41, 5.74) is 1.07. The summed E-state index contributed by atoms with van der Waals surface area (Å²) in [6.45, 7) is 10.0. The number of nitrogens with zero attached hydrogens (tertiary/aromatic N) is 3. The van der Waals surface area contributed by atoms with Crippen LogP contribution in [0, 0.1) is 12.8 Å². The molecule has 1 saturated heterocycles. The van der Waals surface area contributed by atoms with Gasteiger partial charge in [0.05, 0.1) is 5.69 Å². The van der Waals surface area contributed by atoms with Crippen molar-refractivity contribution in [3.63, 3.8) is 0 Å². The highest BCUT2D eigenvalue weighted by atomic mass is 16.5. The van der Waals surface area contributed by atoms with E-state index in [9.17, 15) is 0 Å². The van der Waals surface area contributed by atoms with Crippen LogP contribution in [0.15, 0.2) is 10.6 Å². The quantitative estimate of drug-likeness (QED) is 0.837.